The molecule has 0 aliphatic carbocycles. The van der Waals surface area contributed by atoms with Crippen molar-refractivity contribution in [2.75, 3.05) is 7.11 Å². The quantitative estimate of drug-likeness (QED) is 0.871. The number of aromatic nitrogens is 3. The normalized spacial score (nSPS) is 10.9. The minimum atomic E-state index is 0.274. The number of ether oxygens (including phenoxy) is 1. The summed E-state index contributed by atoms with van der Waals surface area (Å²) in [6.45, 7) is 4.16. The molecule has 0 aliphatic heterocycles. The molecule has 18 heavy (non-hydrogen) atoms. The van der Waals surface area contributed by atoms with E-state index in [1.807, 2.05) is 22.8 Å². The van der Waals surface area contributed by atoms with Crippen molar-refractivity contribution in [3.05, 3.63) is 33.3 Å². The Labute approximate surface area is 119 Å². The van der Waals surface area contributed by atoms with Gasteiger partial charge in [0.25, 0.3) is 0 Å². The smallest absolute Gasteiger partial charge is 0.199 e. The molecule has 0 spiro atoms. The second kappa shape index (κ2) is 5.24. The lowest BCUT2D eigenvalue weighted by atomic mass is 10.2. The maximum absolute atomic E-state index is 5.30. The van der Waals surface area contributed by atoms with E-state index in [1.54, 1.807) is 7.11 Å². The Bertz CT molecular complexity index is 618. The lowest BCUT2D eigenvalue weighted by molar-refractivity contribution is 0.414. The Kier molecular flexibility index (Phi) is 3.87. The molecule has 1 aromatic carbocycles. The highest BCUT2D eigenvalue weighted by molar-refractivity contribution is 9.10. The van der Waals surface area contributed by atoms with E-state index in [2.05, 4.69) is 40.0 Å². The monoisotopic (exact) mass is 327 g/mol. The summed E-state index contributed by atoms with van der Waals surface area (Å²) in [5, 5.41) is 7.11. The molecule has 1 aromatic heterocycles. The van der Waals surface area contributed by atoms with E-state index in [0.29, 0.717) is 4.77 Å². The average molecular weight is 328 g/mol. The molecule has 0 amide bonds. The minimum Gasteiger partial charge on any atom is -0.497 e. The van der Waals surface area contributed by atoms with Crippen molar-refractivity contribution in [1.82, 2.24) is 14.8 Å². The SMILES string of the molecule is COc1ccc(Br)c(-n2c(C(C)C)n[nH]c2=S)c1. The van der Waals surface area contributed by atoms with Crippen molar-refractivity contribution >= 4 is 28.1 Å². The molecule has 96 valence electrons. The van der Waals surface area contributed by atoms with E-state index in [9.17, 15) is 0 Å². The highest BCUT2D eigenvalue weighted by Crippen LogP contribution is 2.28. The van der Waals surface area contributed by atoms with Crippen LogP contribution in [0.3, 0.4) is 0 Å². The topological polar surface area (TPSA) is 42.8 Å². The van der Waals surface area contributed by atoms with Crippen molar-refractivity contribution in [3.8, 4) is 11.4 Å². The number of rotatable bonds is 3. The van der Waals surface area contributed by atoms with Gasteiger partial charge in [-0.1, -0.05) is 13.8 Å². The van der Waals surface area contributed by atoms with Crippen LogP contribution in [0.15, 0.2) is 22.7 Å². The van der Waals surface area contributed by atoms with E-state index in [4.69, 9.17) is 17.0 Å². The molecule has 2 rings (SSSR count). The van der Waals surface area contributed by atoms with E-state index >= 15 is 0 Å². The zero-order valence-electron chi connectivity index (χ0n) is 10.4. The van der Waals surface area contributed by atoms with Crippen LogP contribution >= 0.6 is 28.1 Å². The number of aromatic amines is 1. The minimum absolute atomic E-state index is 0.274. The van der Waals surface area contributed by atoms with Crippen LogP contribution in [0.1, 0.15) is 25.6 Å². The molecule has 0 saturated carbocycles. The number of methoxy groups -OCH3 is 1. The first-order chi connectivity index (χ1) is 8.54. The van der Waals surface area contributed by atoms with Gasteiger partial charge in [0.05, 0.1) is 12.8 Å². The first kappa shape index (κ1) is 13.3. The van der Waals surface area contributed by atoms with Crippen LogP contribution in [0.5, 0.6) is 5.75 Å². The third-order valence-corrected chi connectivity index (χ3v) is 3.55. The van der Waals surface area contributed by atoms with Crippen LogP contribution in [0.2, 0.25) is 0 Å². The Balaban J connectivity index is 2.68. The van der Waals surface area contributed by atoms with Gasteiger partial charge in [-0.05, 0) is 40.3 Å². The van der Waals surface area contributed by atoms with Crippen LogP contribution in [0.4, 0.5) is 0 Å². The number of halogens is 1. The van der Waals surface area contributed by atoms with Gasteiger partial charge in [0, 0.05) is 16.5 Å². The molecule has 1 heterocycles. The van der Waals surface area contributed by atoms with E-state index < -0.39 is 0 Å². The molecule has 0 bridgehead atoms. The molecular weight excluding hydrogens is 314 g/mol. The zero-order valence-corrected chi connectivity index (χ0v) is 12.8. The van der Waals surface area contributed by atoms with Gasteiger partial charge in [-0.15, -0.1) is 0 Å². The first-order valence-corrected chi connectivity index (χ1v) is 6.76. The van der Waals surface area contributed by atoms with Crippen molar-refractivity contribution < 1.29 is 4.74 Å². The molecule has 0 atom stereocenters. The fourth-order valence-corrected chi connectivity index (χ4v) is 2.38. The van der Waals surface area contributed by atoms with Crippen LogP contribution in [-0.2, 0) is 0 Å². The standard InChI is InChI=1S/C12H14BrN3OS/c1-7(2)11-14-15-12(18)16(11)10-6-8(17-3)4-5-9(10)13/h4-7H,1-3H3,(H,15,18). The van der Waals surface area contributed by atoms with Gasteiger partial charge in [-0.25, -0.2) is 0 Å². The predicted octanol–water partition coefficient (Wildman–Crippen LogP) is 3.82. The van der Waals surface area contributed by atoms with Gasteiger partial charge in [-0.2, -0.15) is 5.10 Å². The molecule has 0 saturated heterocycles. The Morgan fingerprint density at radius 2 is 2.17 bits per heavy atom. The van der Waals surface area contributed by atoms with Gasteiger partial charge in [0.2, 0.25) is 0 Å². The lowest BCUT2D eigenvalue weighted by Crippen LogP contribution is -2.04. The maximum atomic E-state index is 5.30. The van der Waals surface area contributed by atoms with Crippen LogP contribution in [-0.4, -0.2) is 21.9 Å². The summed E-state index contributed by atoms with van der Waals surface area (Å²) >= 11 is 8.83. The molecule has 0 unspecified atom stereocenters. The molecule has 0 fully saturated rings. The molecule has 6 heteroatoms. The van der Waals surface area contributed by atoms with Crippen molar-refractivity contribution in [3.63, 3.8) is 0 Å². The van der Waals surface area contributed by atoms with E-state index in [-0.39, 0.29) is 5.92 Å². The molecule has 0 aliphatic rings. The third-order valence-electron chi connectivity index (χ3n) is 2.61. The third kappa shape index (κ3) is 2.35. The second-order valence-electron chi connectivity index (χ2n) is 4.19. The number of nitrogens with one attached hydrogen (secondary N) is 1. The Hall–Kier alpha value is -1.14. The fraction of sp³-hybridized carbons (Fsp3) is 0.333. The summed E-state index contributed by atoms with van der Waals surface area (Å²) in [6.07, 6.45) is 0. The Morgan fingerprint density at radius 3 is 2.78 bits per heavy atom. The van der Waals surface area contributed by atoms with Crippen molar-refractivity contribution in [2.24, 2.45) is 0 Å². The summed E-state index contributed by atoms with van der Waals surface area (Å²) in [5.74, 6) is 1.95. The number of H-pyrrole nitrogens is 1. The molecule has 2 aromatic rings. The number of nitrogens with zero attached hydrogens (tertiary/aromatic N) is 2. The van der Waals surface area contributed by atoms with Gasteiger partial charge < -0.3 is 4.74 Å². The summed E-state index contributed by atoms with van der Waals surface area (Å²) in [7, 11) is 1.64. The van der Waals surface area contributed by atoms with Crippen LogP contribution in [0, 0.1) is 4.77 Å². The van der Waals surface area contributed by atoms with E-state index in [1.165, 1.54) is 0 Å². The molecule has 4 nitrogen and oxygen atoms in total. The van der Waals surface area contributed by atoms with Gasteiger partial charge >= 0.3 is 0 Å². The molecular formula is C12H14BrN3OS. The average Bonchev–Trinajstić information content (AvgIpc) is 2.72. The van der Waals surface area contributed by atoms with Crippen molar-refractivity contribution in [1.29, 1.82) is 0 Å². The highest BCUT2D eigenvalue weighted by Gasteiger charge is 2.14. The van der Waals surface area contributed by atoms with Crippen LogP contribution in [0.25, 0.3) is 5.69 Å². The zero-order chi connectivity index (χ0) is 13.3. The Morgan fingerprint density at radius 1 is 1.44 bits per heavy atom. The van der Waals surface area contributed by atoms with Gasteiger partial charge in [-0.3, -0.25) is 9.67 Å². The largest absolute Gasteiger partial charge is 0.497 e. The fourth-order valence-electron chi connectivity index (χ4n) is 1.72. The van der Waals surface area contributed by atoms with E-state index in [0.717, 1.165) is 21.7 Å². The second-order valence-corrected chi connectivity index (χ2v) is 5.44. The molecule has 1 N–H and O–H groups in total. The van der Waals surface area contributed by atoms with Gasteiger partial charge in [0.15, 0.2) is 4.77 Å². The lowest BCUT2D eigenvalue weighted by Gasteiger charge is -2.12. The number of hydrogen-bond donors (Lipinski definition) is 1. The maximum Gasteiger partial charge on any atom is 0.199 e. The summed E-state index contributed by atoms with van der Waals surface area (Å²) in [5.41, 5.74) is 0.928. The number of hydrogen-bond acceptors (Lipinski definition) is 3. The predicted molar refractivity (Wildman–Crippen MR) is 77.1 cm³/mol. The number of benzene rings is 1. The van der Waals surface area contributed by atoms with Crippen molar-refractivity contribution in [2.45, 2.75) is 19.8 Å². The highest BCUT2D eigenvalue weighted by atomic mass is 79.9. The summed E-state index contributed by atoms with van der Waals surface area (Å²) in [4.78, 5) is 0. The first-order valence-electron chi connectivity index (χ1n) is 5.55. The summed E-state index contributed by atoms with van der Waals surface area (Å²) < 4.78 is 8.70. The van der Waals surface area contributed by atoms with Gasteiger partial charge in [0.1, 0.15) is 11.6 Å². The molecule has 0 radical (unpaired) electrons. The van der Waals surface area contributed by atoms with Crippen LogP contribution < -0.4 is 4.74 Å². The summed E-state index contributed by atoms with van der Waals surface area (Å²) in [6, 6.07) is 5.76.